The fourth-order valence-corrected chi connectivity index (χ4v) is 2.40. The van der Waals surface area contributed by atoms with Crippen LogP contribution in [0.15, 0.2) is 12.1 Å². The number of aryl methyl sites for hydroxylation is 1. The molecule has 0 aliphatic carbocycles. The van der Waals surface area contributed by atoms with Crippen molar-refractivity contribution in [2.24, 2.45) is 5.92 Å². The largest absolute Gasteiger partial charge is 0.381 e. The summed E-state index contributed by atoms with van der Waals surface area (Å²) in [4.78, 5) is 4.15. The van der Waals surface area contributed by atoms with Gasteiger partial charge in [-0.3, -0.25) is 0 Å². The smallest absolute Gasteiger partial charge is 0.153 e. The van der Waals surface area contributed by atoms with E-state index in [1.807, 2.05) is 0 Å². The second kappa shape index (κ2) is 7.18. The molecular weight excluding hydrogens is 298 g/mol. The summed E-state index contributed by atoms with van der Waals surface area (Å²) < 4.78 is 34.4. The third-order valence-electron chi connectivity index (χ3n) is 3.09. The van der Waals surface area contributed by atoms with Gasteiger partial charge in [-0.15, -0.1) is 11.6 Å². The van der Waals surface area contributed by atoms with Gasteiger partial charge in [0, 0.05) is 25.8 Å². The third kappa shape index (κ3) is 3.92. The third-order valence-corrected chi connectivity index (χ3v) is 3.33. The number of hydrogen-bond acceptors (Lipinski definition) is 2. The van der Waals surface area contributed by atoms with Crippen LogP contribution in [-0.4, -0.2) is 22.8 Å². The standard InChI is InChI=1S/C15H19ClF2N2O/c1-10(2)9-21-5-3-4-20-13-7-11(17)6-12(18)15(13)19-14(20)8-16/h6-7,10H,3-5,8-9H2,1-2H3. The van der Waals surface area contributed by atoms with Gasteiger partial charge in [-0.2, -0.15) is 0 Å². The molecule has 1 aromatic heterocycles. The maximum Gasteiger partial charge on any atom is 0.153 e. The Bertz CT molecular complexity index is 613. The minimum absolute atomic E-state index is 0.155. The molecule has 0 saturated carbocycles. The van der Waals surface area contributed by atoms with Crippen LogP contribution in [0.4, 0.5) is 8.78 Å². The van der Waals surface area contributed by atoms with E-state index in [0.29, 0.717) is 37.0 Å². The Morgan fingerprint density at radius 3 is 2.76 bits per heavy atom. The Morgan fingerprint density at radius 1 is 1.33 bits per heavy atom. The van der Waals surface area contributed by atoms with Crippen molar-refractivity contribution in [1.82, 2.24) is 9.55 Å². The van der Waals surface area contributed by atoms with Gasteiger partial charge in [-0.25, -0.2) is 13.8 Å². The molecule has 0 unspecified atom stereocenters. The van der Waals surface area contributed by atoms with Gasteiger partial charge in [0.1, 0.15) is 17.2 Å². The minimum atomic E-state index is -0.661. The molecule has 21 heavy (non-hydrogen) atoms. The lowest BCUT2D eigenvalue weighted by atomic mass is 10.2. The molecule has 0 atom stereocenters. The summed E-state index contributed by atoms with van der Waals surface area (Å²) >= 11 is 5.85. The molecule has 1 heterocycles. The highest BCUT2D eigenvalue weighted by atomic mass is 35.5. The molecule has 0 amide bonds. The highest BCUT2D eigenvalue weighted by molar-refractivity contribution is 6.16. The zero-order valence-electron chi connectivity index (χ0n) is 12.2. The van der Waals surface area contributed by atoms with Crippen molar-refractivity contribution in [1.29, 1.82) is 0 Å². The van der Waals surface area contributed by atoms with E-state index in [1.165, 1.54) is 6.07 Å². The Morgan fingerprint density at radius 2 is 2.10 bits per heavy atom. The van der Waals surface area contributed by atoms with Gasteiger partial charge in [0.25, 0.3) is 0 Å². The highest BCUT2D eigenvalue weighted by Gasteiger charge is 2.14. The van der Waals surface area contributed by atoms with Crippen molar-refractivity contribution in [3.63, 3.8) is 0 Å². The van der Waals surface area contributed by atoms with Gasteiger partial charge in [-0.05, 0) is 18.4 Å². The van der Waals surface area contributed by atoms with Crippen LogP contribution in [0.25, 0.3) is 11.0 Å². The van der Waals surface area contributed by atoms with Crippen LogP contribution >= 0.6 is 11.6 Å². The molecule has 6 heteroatoms. The van der Waals surface area contributed by atoms with Crippen molar-refractivity contribution in [3.05, 3.63) is 29.6 Å². The quantitative estimate of drug-likeness (QED) is 0.567. The van der Waals surface area contributed by atoms with E-state index < -0.39 is 11.6 Å². The molecule has 0 spiro atoms. The summed E-state index contributed by atoms with van der Waals surface area (Å²) in [6, 6.07) is 2.12. The fraction of sp³-hybridized carbons (Fsp3) is 0.533. The van der Waals surface area contributed by atoms with Crippen LogP contribution in [0.3, 0.4) is 0 Å². The minimum Gasteiger partial charge on any atom is -0.381 e. The van der Waals surface area contributed by atoms with E-state index in [4.69, 9.17) is 16.3 Å². The summed E-state index contributed by atoms with van der Waals surface area (Å²) in [5, 5.41) is 0. The SMILES string of the molecule is CC(C)COCCCn1c(CCl)nc2c(F)cc(F)cc21. The normalized spacial score (nSPS) is 11.7. The topological polar surface area (TPSA) is 27.1 Å². The van der Waals surface area contributed by atoms with E-state index in [2.05, 4.69) is 18.8 Å². The number of ether oxygens (including phenoxy) is 1. The molecule has 0 radical (unpaired) electrons. The molecule has 0 saturated heterocycles. The van der Waals surface area contributed by atoms with Gasteiger partial charge >= 0.3 is 0 Å². The zero-order chi connectivity index (χ0) is 15.4. The number of hydrogen-bond donors (Lipinski definition) is 0. The van der Waals surface area contributed by atoms with Gasteiger partial charge in [-0.1, -0.05) is 13.8 Å². The molecule has 0 bridgehead atoms. The van der Waals surface area contributed by atoms with Crippen molar-refractivity contribution in [2.45, 2.75) is 32.7 Å². The van der Waals surface area contributed by atoms with Gasteiger partial charge in [0.2, 0.25) is 0 Å². The summed E-state index contributed by atoms with van der Waals surface area (Å²) in [5.41, 5.74) is 0.599. The summed E-state index contributed by atoms with van der Waals surface area (Å²) in [6.07, 6.45) is 0.736. The van der Waals surface area contributed by atoms with E-state index in [0.717, 1.165) is 12.5 Å². The molecule has 1 aromatic carbocycles. The molecule has 3 nitrogen and oxygen atoms in total. The molecule has 0 fully saturated rings. The van der Waals surface area contributed by atoms with E-state index >= 15 is 0 Å². The van der Waals surface area contributed by atoms with Crippen molar-refractivity contribution < 1.29 is 13.5 Å². The Balaban J connectivity index is 2.14. The number of fused-ring (bicyclic) bond motifs is 1. The maximum absolute atomic E-state index is 13.7. The zero-order valence-corrected chi connectivity index (χ0v) is 13.0. The number of nitrogens with zero attached hydrogens (tertiary/aromatic N) is 2. The Kier molecular flexibility index (Phi) is 5.53. The first kappa shape index (κ1) is 16.2. The second-order valence-corrected chi connectivity index (χ2v) is 5.66. The van der Waals surface area contributed by atoms with Gasteiger partial charge < -0.3 is 9.30 Å². The summed E-state index contributed by atoms with van der Waals surface area (Å²) in [5.74, 6) is -0.0898. The average Bonchev–Trinajstić information content (AvgIpc) is 2.76. The van der Waals surface area contributed by atoms with Crippen LogP contribution in [0.1, 0.15) is 26.1 Å². The average molecular weight is 317 g/mol. The highest BCUT2D eigenvalue weighted by Crippen LogP contribution is 2.22. The summed E-state index contributed by atoms with van der Waals surface area (Å²) in [7, 11) is 0. The number of alkyl halides is 1. The van der Waals surface area contributed by atoms with Crippen LogP contribution in [-0.2, 0) is 17.2 Å². The number of halogens is 3. The first-order chi connectivity index (χ1) is 10.0. The van der Waals surface area contributed by atoms with Crippen molar-refractivity contribution >= 4 is 22.6 Å². The lowest BCUT2D eigenvalue weighted by Crippen LogP contribution is -2.08. The van der Waals surface area contributed by atoms with E-state index in [-0.39, 0.29) is 11.4 Å². The van der Waals surface area contributed by atoms with Crippen LogP contribution in [0.2, 0.25) is 0 Å². The molecule has 0 N–H and O–H groups in total. The molecular formula is C15H19ClF2N2O. The van der Waals surface area contributed by atoms with Crippen LogP contribution in [0, 0.1) is 17.6 Å². The molecule has 2 rings (SSSR count). The first-order valence-corrected chi connectivity index (χ1v) is 7.54. The number of rotatable bonds is 7. The lowest BCUT2D eigenvalue weighted by molar-refractivity contribution is 0.105. The molecule has 116 valence electrons. The van der Waals surface area contributed by atoms with E-state index in [1.54, 1.807) is 4.57 Å². The number of aromatic nitrogens is 2. The van der Waals surface area contributed by atoms with Crippen LogP contribution < -0.4 is 0 Å². The van der Waals surface area contributed by atoms with Gasteiger partial charge in [0.15, 0.2) is 5.82 Å². The molecule has 0 aliphatic rings. The van der Waals surface area contributed by atoms with Crippen molar-refractivity contribution in [3.8, 4) is 0 Å². The molecule has 0 aliphatic heterocycles. The Labute approximate surface area is 127 Å². The first-order valence-electron chi connectivity index (χ1n) is 7.00. The van der Waals surface area contributed by atoms with E-state index in [9.17, 15) is 8.78 Å². The second-order valence-electron chi connectivity index (χ2n) is 5.39. The monoisotopic (exact) mass is 316 g/mol. The van der Waals surface area contributed by atoms with Crippen molar-refractivity contribution in [2.75, 3.05) is 13.2 Å². The maximum atomic E-state index is 13.7. The lowest BCUT2D eigenvalue weighted by Gasteiger charge is -2.09. The number of imidazole rings is 1. The summed E-state index contributed by atoms with van der Waals surface area (Å²) in [6.45, 7) is 6.04. The van der Waals surface area contributed by atoms with Gasteiger partial charge in [0.05, 0.1) is 11.4 Å². The molecule has 2 aromatic rings. The Hall–Kier alpha value is -1.20. The predicted molar refractivity (Wildman–Crippen MR) is 79.5 cm³/mol. The number of benzene rings is 1. The predicted octanol–water partition coefficient (Wildman–Crippen LogP) is 4.12. The van der Waals surface area contributed by atoms with Crippen LogP contribution in [0.5, 0.6) is 0 Å². The fourth-order valence-electron chi connectivity index (χ4n) is 2.19.